The molecule has 0 aromatic carbocycles. The summed E-state index contributed by atoms with van der Waals surface area (Å²) in [7, 11) is 0. The van der Waals surface area contributed by atoms with Gasteiger partial charge in [-0.25, -0.2) is 4.79 Å². The van der Waals surface area contributed by atoms with Crippen molar-refractivity contribution in [2.45, 2.75) is 6.42 Å². The number of aromatic nitrogens is 2. The number of hydrogen-bond acceptors (Lipinski definition) is 3. The van der Waals surface area contributed by atoms with Crippen LogP contribution >= 0.6 is 0 Å². The molecule has 0 radical (unpaired) electrons. The van der Waals surface area contributed by atoms with Crippen LogP contribution in [-0.2, 0) is 6.42 Å². The van der Waals surface area contributed by atoms with Crippen molar-refractivity contribution in [3.8, 4) is 0 Å². The molecule has 3 N–H and O–H groups in total. The highest BCUT2D eigenvalue weighted by atomic mass is 16.3. The van der Waals surface area contributed by atoms with Crippen molar-refractivity contribution in [2.24, 2.45) is 0 Å². The molecule has 0 aliphatic heterocycles. The molecule has 0 saturated heterocycles. The molecule has 0 unspecified atom stereocenters. The first-order valence-electron chi connectivity index (χ1n) is 3.16. The van der Waals surface area contributed by atoms with Crippen molar-refractivity contribution in [1.82, 2.24) is 9.97 Å². The van der Waals surface area contributed by atoms with E-state index in [0.29, 0.717) is 12.1 Å². The first kappa shape index (κ1) is 7.74. The highest BCUT2D eigenvalue weighted by Gasteiger charge is 1.93. The summed E-state index contributed by atoms with van der Waals surface area (Å²) in [6.45, 7) is -0.0839. The first-order chi connectivity index (χ1) is 5.22. The van der Waals surface area contributed by atoms with E-state index in [-0.39, 0.29) is 6.61 Å². The van der Waals surface area contributed by atoms with Gasteiger partial charge in [-0.1, -0.05) is 0 Å². The van der Waals surface area contributed by atoms with Gasteiger partial charge in [-0.15, -0.1) is 0 Å². The number of aliphatic hydroxyl groups excluding tert-OH is 1. The monoisotopic (exact) mass is 156 g/mol. The zero-order chi connectivity index (χ0) is 8.27. The Balaban J connectivity index is 3.09. The predicted molar refractivity (Wildman–Crippen MR) is 38.5 cm³/mol. The van der Waals surface area contributed by atoms with E-state index in [1.165, 1.54) is 6.07 Å². The standard InChI is InChI=1S/C6H8N2O3/c9-2-1-4-3-5(10)8-6(11)7-4/h3,9H,1-2H2,(H2,7,8,10,11). The van der Waals surface area contributed by atoms with Crippen LogP contribution in [0.3, 0.4) is 0 Å². The summed E-state index contributed by atoms with van der Waals surface area (Å²) in [6.07, 6.45) is 0.291. The molecule has 0 aliphatic carbocycles. The van der Waals surface area contributed by atoms with Gasteiger partial charge in [-0.05, 0) is 0 Å². The SMILES string of the molecule is O=c1cc(CCO)[nH]c(=O)[nH]1. The molecule has 5 heteroatoms. The summed E-state index contributed by atoms with van der Waals surface area (Å²) in [5.41, 5.74) is -0.542. The van der Waals surface area contributed by atoms with E-state index < -0.39 is 11.2 Å². The molecule has 0 atom stereocenters. The summed E-state index contributed by atoms with van der Waals surface area (Å²) >= 11 is 0. The quantitative estimate of drug-likeness (QED) is 0.492. The molecule has 0 fully saturated rings. The third kappa shape index (κ3) is 2.05. The number of rotatable bonds is 2. The van der Waals surface area contributed by atoms with Crippen LogP contribution in [0, 0.1) is 0 Å². The molecular weight excluding hydrogens is 148 g/mol. The first-order valence-corrected chi connectivity index (χ1v) is 3.16. The van der Waals surface area contributed by atoms with Gasteiger partial charge in [0.05, 0.1) is 0 Å². The summed E-state index contributed by atoms with van der Waals surface area (Å²) < 4.78 is 0. The molecule has 1 aromatic heterocycles. The van der Waals surface area contributed by atoms with Crippen molar-refractivity contribution in [3.63, 3.8) is 0 Å². The highest BCUT2D eigenvalue weighted by molar-refractivity contribution is 4.98. The Morgan fingerprint density at radius 3 is 2.64 bits per heavy atom. The molecule has 1 aromatic rings. The minimum absolute atomic E-state index is 0.0839. The Kier molecular flexibility index (Phi) is 2.22. The van der Waals surface area contributed by atoms with Crippen molar-refractivity contribution in [2.75, 3.05) is 6.61 Å². The Morgan fingerprint density at radius 1 is 1.36 bits per heavy atom. The van der Waals surface area contributed by atoms with E-state index in [1.54, 1.807) is 0 Å². The summed E-state index contributed by atoms with van der Waals surface area (Å²) in [5.74, 6) is 0. The van der Waals surface area contributed by atoms with Gasteiger partial charge in [-0.3, -0.25) is 9.78 Å². The lowest BCUT2D eigenvalue weighted by molar-refractivity contribution is 0.298. The largest absolute Gasteiger partial charge is 0.396 e. The van der Waals surface area contributed by atoms with Crippen LogP contribution in [0.4, 0.5) is 0 Å². The van der Waals surface area contributed by atoms with Gasteiger partial charge in [0.15, 0.2) is 0 Å². The van der Waals surface area contributed by atoms with Gasteiger partial charge < -0.3 is 10.1 Å². The molecular formula is C6H8N2O3. The summed E-state index contributed by atoms with van der Waals surface area (Å²) in [6, 6.07) is 1.25. The van der Waals surface area contributed by atoms with Crippen LogP contribution in [0.25, 0.3) is 0 Å². The van der Waals surface area contributed by atoms with E-state index in [0.717, 1.165) is 0 Å². The minimum Gasteiger partial charge on any atom is -0.396 e. The molecule has 0 bridgehead atoms. The zero-order valence-electron chi connectivity index (χ0n) is 5.76. The highest BCUT2D eigenvalue weighted by Crippen LogP contribution is 1.84. The van der Waals surface area contributed by atoms with Crippen LogP contribution in [0.15, 0.2) is 15.7 Å². The lowest BCUT2D eigenvalue weighted by atomic mass is 10.3. The zero-order valence-corrected chi connectivity index (χ0v) is 5.76. The number of hydrogen-bond donors (Lipinski definition) is 3. The fraction of sp³-hybridized carbons (Fsp3) is 0.333. The van der Waals surface area contributed by atoms with Crippen molar-refractivity contribution in [3.05, 3.63) is 32.6 Å². The van der Waals surface area contributed by atoms with Crippen molar-refractivity contribution in [1.29, 1.82) is 0 Å². The summed E-state index contributed by atoms with van der Waals surface area (Å²) in [4.78, 5) is 25.6. The smallest absolute Gasteiger partial charge is 0.325 e. The van der Waals surface area contributed by atoms with Gasteiger partial charge in [0.25, 0.3) is 5.56 Å². The van der Waals surface area contributed by atoms with Crippen LogP contribution in [0.2, 0.25) is 0 Å². The van der Waals surface area contributed by atoms with Gasteiger partial charge in [0, 0.05) is 24.8 Å². The van der Waals surface area contributed by atoms with Gasteiger partial charge in [0.1, 0.15) is 0 Å². The molecule has 1 rings (SSSR count). The number of aliphatic hydroxyl groups is 1. The average Bonchev–Trinajstić information content (AvgIpc) is 1.85. The Morgan fingerprint density at radius 2 is 2.09 bits per heavy atom. The normalized spacial score (nSPS) is 9.91. The Labute approximate surface area is 61.7 Å². The van der Waals surface area contributed by atoms with Crippen LogP contribution in [-0.4, -0.2) is 21.7 Å². The molecule has 0 aliphatic rings. The molecule has 60 valence electrons. The fourth-order valence-electron chi connectivity index (χ4n) is 0.775. The number of H-pyrrole nitrogens is 2. The summed E-state index contributed by atoms with van der Waals surface area (Å²) in [5, 5.41) is 8.47. The predicted octanol–water partition coefficient (Wildman–Crippen LogP) is -1.40. The second kappa shape index (κ2) is 3.16. The van der Waals surface area contributed by atoms with Crippen molar-refractivity contribution < 1.29 is 5.11 Å². The van der Waals surface area contributed by atoms with E-state index in [4.69, 9.17) is 5.11 Å². The molecule has 0 amide bonds. The number of aromatic amines is 2. The third-order valence-corrected chi connectivity index (χ3v) is 1.20. The van der Waals surface area contributed by atoms with Crippen LogP contribution in [0.1, 0.15) is 5.69 Å². The third-order valence-electron chi connectivity index (χ3n) is 1.20. The maximum Gasteiger partial charge on any atom is 0.325 e. The van der Waals surface area contributed by atoms with E-state index in [1.807, 2.05) is 4.98 Å². The van der Waals surface area contributed by atoms with Crippen LogP contribution < -0.4 is 11.2 Å². The fourth-order valence-corrected chi connectivity index (χ4v) is 0.775. The minimum atomic E-state index is -0.541. The van der Waals surface area contributed by atoms with E-state index in [9.17, 15) is 9.59 Å². The molecule has 0 spiro atoms. The maximum atomic E-state index is 10.6. The molecule has 0 saturated carbocycles. The lowest BCUT2D eigenvalue weighted by Gasteiger charge is -1.93. The second-order valence-corrected chi connectivity index (χ2v) is 2.09. The van der Waals surface area contributed by atoms with Gasteiger partial charge >= 0.3 is 5.69 Å². The number of nitrogens with one attached hydrogen (secondary N) is 2. The second-order valence-electron chi connectivity index (χ2n) is 2.09. The topological polar surface area (TPSA) is 85.9 Å². The maximum absolute atomic E-state index is 10.6. The Bertz CT molecular complexity index is 310. The van der Waals surface area contributed by atoms with E-state index in [2.05, 4.69) is 4.98 Å². The average molecular weight is 156 g/mol. The van der Waals surface area contributed by atoms with E-state index >= 15 is 0 Å². The lowest BCUT2D eigenvalue weighted by Crippen LogP contribution is -2.23. The molecule has 1 heterocycles. The van der Waals surface area contributed by atoms with Gasteiger partial charge in [0.2, 0.25) is 0 Å². The molecule has 11 heavy (non-hydrogen) atoms. The van der Waals surface area contributed by atoms with Crippen molar-refractivity contribution >= 4 is 0 Å². The Hall–Kier alpha value is -1.36. The van der Waals surface area contributed by atoms with Gasteiger partial charge in [-0.2, -0.15) is 0 Å². The molecule has 5 nitrogen and oxygen atoms in total. The van der Waals surface area contributed by atoms with Crippen LogP contribution in [0.5, 0.6) is 0 Å².